The van der Waals surface area contributed by atoms with E-state index in [0.29, 0.717) is 5.11 Å². The molecule has 0 saturated carbocycles. The zero-order valence-electron chi connectivity index (χ0n) is 15.3. The number of hydrogen-bond acceptors (Lipinski definition) is 5. The minimum absolute atomic E-state index is 0.0697. The molecule has 1 saturated heterocycles. The van der Waals surface area contributed by atoms with Crippen molar-refractivity contribution < 1.29 is 9.47 Å². The van der Waals surface area contributed by atoms with Crippen LogP contribution in [0.25, 0.3) is 0 Å². The van der Waals surface area contributed by atoms with Crippen molar-refractivity contribution in [1.82, 2.24) is 10.3 Å². The Hall–Kier alpha value is -2.16. The summed E-state index contributed by atoms with van der Waals surface area (Å²) >= 11 is 11.0. The second kappa shape index (κ2) is 8.06. The Balaban J connectivity index is 1.87. The quantitative estimate of drug-likeness (QED) is 0.517. The number of hydrogen-bond donors (Lipinski definition) is 1. The van der Waals surface area contributed by atoms with E-state index in [1.165, 1.54) is 4.88 Å². The fourth-order valence-electron chi connectivity index (χ4n) is 3.38. The van der Waals surface area contributed by atoms with Crippen LogP contribution in [-0.4, -0.2) is 24.3 Å². The van der Waals surface area contributed by atoms with Crippen LogP contribution >= 0.6 is 39.5 Å². The van der Waals surface area contributed by atoms with E-state index in [1.807, 2.05) is 36.4 Å². The predicted octanol–water partition coefficient (Wildman–Crippen LogP) is 5.10. The Kier molecular flexibility index (Phi) is 5.52. The van der Waals surface area contributed by atoms with Gasteiger partial charge in [0.25, 0.3) is 0 Å². The third-order valence-electron chi connectivity index (χ3n) is 4.63. The van der Waals surface area contributed by atoms with Crippen LogP contribution in [0.5, 0.6) is 11.5 Å². The lowest BCUT2D eigenvalue weighted by atomic mass is 10.0. The van der Waals surface area contributed by atoms with Gasteiger partial charge in [-0.05, 0) is 64.5 Å². The Morgan fingerprint density at radius 2 is 2.00 bits per heavy atom. The molecule has 2 atom stereocenters. The van der Waals surface area contributed by atoms with Gasteiger partial charge >= 0.3 is 0 Å². The molecule has 8 heteroatoms. The van der Waals surface area contributed by atoms with Gasteiger partial charge in [0.1, 0.15) is 11.5 Å². The third kappa shape index (κ3) is 3.47. The normalized spacial score (nSPS) is 18.8. The van der Waals surface area contributed by atoms with Crippen LogP contribution in [0.2, 0.25) is 0 Å². The summed E-state index contributed by atoms with van der Waals surface area (Å²) in [6.07, 6.45) is 1.80. The molecule has 0 bridgehead atoms. The van der Waals surface area contributed by atoms with E-state index in [1.54, 1.807) is 31.8 Å². The highest BCUT2D eigenvalue weighted by Gasteiger charge is 2.42. The highest BCUT2D eigenvalue weighted by atomic mass is 79.9. The lowest BCUT2D eigenvalue weighted by Gasteiger charge is -2.28. The van der Waals surface area contributed by atoms with Crippen molar-refractivity contribution in [3.63, 3.8) is 0 Å². The number of rotatable bonds is 5. The monoisotopic (exact) mass is 475 g/mol. The van der Waals surface area contributed by atoms with Crippen LogP contribution in [0.4, 0.5) is 5.69 Å². The van der Waals surface area contributed by atoms with Crippen molar-refractivity contribution in [3.8, 4) is 11.5 Å². The van der Waals surface area contributed by atoms with Crippen molar-refractivity contribution in [1.29, 1.82) is 0 Å². The summed E-state index contributed by atoms with van der Waals surface area (Å²) in [5.74, 6) is 1.47. The summed E-state index contributed by atoms with van der Waals surface area (Å²) in [5, 5.41) is 4.08. The van der Waals surface area contributed by atoms with Gasteiger partial charge in [0.2, 0.25) is 0 Å². The van der Waals surface area contributed by atoms with Crippen molar-refractivity contribution in [3.05, 3.63) is 69.1 Å². The number of nitrogens with one attached hydrogen (secondary N) is 1. The van der Waals surface area contributed by atoms with Crippen molar-refractivity contribution >= 4 is 50.3 Å². The van der Waals surface area contributed by atoms with Gasteiger partial charge in [0, 0.05) is 17.1 Å². The van der Waals surface area contributed by atoms with Gasteiger partial charge in [0.05, 0.1) is 41.5 Å². The second-order valence-electron chi connectivity index (χ2n) is 6.18. The van der Waals surface area contributed by atoms with Crippen LogP contribution in [-0.2, 0) is 0 Å². The van der Waals surface area contributed by atoms with Gasteiger partial charge in [0.15, 0.2) is 5.11 Å². The summed E-state index contributed by atoms with van der Waals surface area (Å²) in [6, 6.07) is 15.6. The number of thiocarbonyl (C=S) groups is 1. The average molecular weight is 476 g/mol. The molecule has 0 unspecified atom stereocenters. The Labute approximate surface area is 181 Å². The van der Waals surface area contributed by atoms with E-state index in [-0.39, 0.29) is 12.1 Å². The fourth-order valence-corrected chi connectivity index (χ4v) is 5.27. The third-order valence-corrected chi connectivity index (χ3v) is 6.64. The molecule has 144 valence electrons. The number of nitrogens with zero attached hydrogens (tertiary/aromatic N) is 2. The molecule has 2 aromatic heterocycles. The topological polar surface area (TPSA) is 46.6 Å². The number of thiophene rings is 1. The number of aromatic nitrogens is 1. The van der Waals surface area contributed by atoms with E-state index in [2.05, 4.69) is 43.3 Å². The Bertz CT molecular complexity index is 996. The molecule has 28 heavy (non-hydrogen) atoms. The van der Waals surface area contributed by atoms with Crippen LogP contribution in [0.3, 0.4) is 0 Å². The molecule has 1 fully saturated rings. The van der Waals surface area contributed by atoms with Gasteiger partial charge in [-0.25, -0.2) is 0 Å². The number of halogens is 1. The first-order chi connectivity index (χ1) is 13.6. The molecule has 3 heterocycles. The molecular weight excluding hydrogens is 458 g/mol. The van der Waals surface area contributed by atoms with Crippen molar-refractivity contribution in [2.45, 2.75) is 12.1 Å². The molecule has 1 aromatic carbocycles. The zero-order valence-corrected chi connectivity index (χ0v) is 18.5. The summed E-state index contributed by atoms with van der Waals surface area (Å²) < 4.78 is 12.1. The van der Waals surface area contributed by atoms with Crippen LogP contribution in [0.15, 0.2) is 58.5 Å². The molecule has 0 amide bonds. The standard InChI is InChI=1S/C20H18BrN3O2S2/c1-25-12-6-7-15(26-2)14(11-12)24-19(16-8-9-17(21)28-16)18(23-20(24)27)13-5-3-4-10-22-13/h3-11,18-19H,1-2H3,(H,23,27)/t18-,19-/m0/s1. The second-order valence-corrected chi connectivity index (χ2v) is 9.06. The summed E-state index contributed by atoms with van der Waals surface area (Å²) in [6.45, 7) is 0. The van der Waals surface area contributed by atoms with E-state index in [0.717, 1.165) is 26.7 Å². The molecule has 1 aliphatic rings. The average Bonchev–Trinajstić information content (AvgIpc) is 3.30. The molecular formula is C20H18BrN3O2S2. The van der Waals surface area contributed by atoms with Gasteiger partial charge in [-0.3, -0.25) is 4.98 Å². The number of methoxy groups -OCH3 is 2. The van der Waals surface area contributed by atoms with Crippen LogP contribution < -0.4 is 19.7 Å². The fraction of sp³-hybridized carbons (Fsp3) is 0.200. The van der Waals surface area contributed by atoms with Crippen LogP contribution in [0.1, 0.15) is 22.7 Å². The maximum Gasteiger partial charge on any atom is 0.174 e. The lowest BCUT2D eigenvalue weighted by Crippen LogP contribution is -2.29. The number of anilines is 1. The number of pyridine rings is 1. The van der Waals surface area contributed by atoms with E-state index < -0.39 is 0 Å². The van der Waals surface area contributed by atoms with E-state index in [4.69, 9.17) is 21.7 Å². The summed E-state index contributed by atoms with van der Waals surface area (Å²) in [5.41, 5.74) is 1.79. The van der Waals surface area contributed by atoms with E-state index in [9.17, 15) is 0 Å². The van der Waals surface area contributed by atoms with Gasteiger partial charge in [-0.2, -0.15) is 0 Å². The minimum Gasteiger partial charge on any atom is -0.497 e. The molecule has 0 aliphatic carbocycles. The number of ether oxygens (including phenoxy) is 2. The maximum absolute atomic E-state index is 5.75. The van der Waals surface area contributed by atoms with Gasteiger partial charge in [-0.1, -0.05) is 6.07 Å². The van der Waals surface area contributed by atoms with Crippen molar-refractivity contribution in [2.24, 2.45) is 0 Å². The molecule has 4 rings (SSSR count). The van der Waals surface area contributed by atoms with Crippen molar-refractivity contribution in [2.75, 3.05) is 19.1 Å². The molecule has 0 radical (unpaired) electrons. The highest BCUT2D eigenvalue weighted by Crippen LogP contribution is 2.47. The van der Waals surface area contributed by atoms with E-state index >= 15 is 0 Å². The maximum atomic E-state index is 5.75. The smallest absolute Gasteiger partial charge is 0.174 e. The molecule has 0 spiro atoms. The summed E-state index contributed by atoms with van der Waals surface area (Å²) in [4.78, 5) is 7.83. The first-order valence-corrected chi connectivity index (χ1v) is 10.6. The highest BCUT2D eigenvalue weighted by molar-refractivity contribution is 9.11. The lowest BCUT2D eigenvalue weighted by molar-refractivity contribution is 0.403. The molecule has 5 nitrogen and oxygen atoms in total. The van der Waals surface area contributed by atoms with Gasteiger partial charge < -0.3 is 19.7 Å². The molecule has 3 aromatic rings. The summed E-state index contributed by atoms with van der Waals surface area (Å²) in [7, 11) is 3.31. The Morgan fingerprint density at radius 1 is 1.14 bits per heavy atom. The minimum atomic E-state index is -0.0878. The largest absolute Gasteiger partial charge is 0.497 e. The predicted molar refractivity (Wildman–Crippen MR) is 119 cm³/mol. The molecule has 1 N–H and O–H groups in total. The van der Waals surface area contributed by atoms with Gasteiger partial charge in [-0.15, -0.1) is 11.3 Å². The van der Waals surface area contributed by atoms with Crippen LogP contribution in [0, 0.1) is 0 Å². The number of benzene rings is 1. The SMILES string of the molecule is COc1ccc(OC)c(N2C(=S)N[C@@H](c3ccccn3)[C@@H]2c2ccc(Br)s2)c1. The molecule has 1 aliphatic heterocycles. The first kappa shape index (κ1) is 19.2. The Morgan fingerprint density at radius 3 is 2.64 bits per heavy atom. The zero-order chi connectivity index (χ0) is 19.7. The first-order valence-electron chi connectivity index (χ1n) is 8.60.